The second-order valence-corrected chi connectivity index (χ2v) is 9.41. The Morgan fingerprint density at radius 1 is 1.52 bits per heavy atom. The highest BCUT2D eigenvalue weighted by Gasteiger charge is 2.53. The fraction of sp³-hybridized carbons (Fsp3) is 0.733. The van der Waals surface area contributed by atoms with Crippen LogP contribution >= 0.6 is 22.6 Å². The molecule has 4 atom stereocenters. The molecule has 116 valence electrons. The van der Waals surface area contributed by atoms with E-state index in [-0.39, 0.29) is 5.84 Å². The first-order valence-corrected chi connectivity index (χ1v) is 8.81. The molecule has 0 bridgehead atoms. The third-order valence-corrected chi connectivity index (χ3v) is 6.35. The average Bonchev–Trinajstić information content (AvgIpc) is 3.14. The van der Waals surface area contributed by atoms with Gasteiger partial charge in [-0.1, -0.05) is 29.0 Å². The van der Waals surface area contributed by atoms with E-state index in [0.717, 1.165) is 18.4 Å². The molecular weight excluding hydrogens is 374 g/mol. The molecule has 0 heterocycles. The number of hydrogen-bond donors (Lipinski definition) is 3. The summed E-state index contributed by atoms with van der Waals surface area (Å²) in [4.78, 5) is 2.08. The lowest BCUT2D eigenvalue weighted by Gasteiger charge is -2.27. The van der Waals surface area contributed by atoms with Gasteiger partial charge in [0.15, 0.2) is 0 Å². The van der Waals surface area contributed by atoms with Gasteiger partial charge in [0.25, 0.3) is 0 Å². The number of nitrogens with two attached hydrogens (primary N) is 1. The van der Waals surface area contributed by atoms with Crippen molar-refractivity contribution >= 4 is 42.0 Å². The number of hydrogen-bond acceptors (Lipinski definition) is 3. The van der Waals surface area contributed by atoms with Gasteiger partial charge < -0.3 is 16.0 Å². The van der Waals surface area contributed by atoms with Crippen LogP contribution in [0.25, 0.3) is 0 Å². The van der Waals surface area contributed by atoms with Crippen molar-refractivity contribution in [1.82, 2.24) is 4.90 Å². The van der Waals surface area contributed by atoms with E-state index >= 15 is 0 Å². The van der Waals surface area contributed by atoms with Crippen LogP contribution in [0.5, 0.6) is 0 Å². The van der Waals surface area contributed by atoms with Gasteiger partial charge in [-0.15, -0.1) is 0 Å². The van der Waals surface area contributed by atoms with Crippen molar-refractivity contribution in [3.05, 3.63) is 11.8 Å². The van der Waals surface area contributed by atoms with Crippen molar-refractivity contribution < 1.29 is 0 Å². The highest BCUT2D eigenvalue weighted by molar-refractivity contribution is 14.1. The van der Waals surface area contributed by atoms with Crippen LogP contribution in [0.3, 0.4) is 0 Å². The molecule has 2 aliphatic rings. The van der Waals surface area contributed by atoms with Crippen molar-refractivity contribution in [2.24, 2.45) is 23.5 Å². The first-order chi connectivity index (χ1) is 9.72. The van der Waals surface area contributed by atoms with Crippen LogP contribution in [-0.4, -0.2) is 41.2 Å². The van der Waals surface area contributed by atoms with Gasteiger partial charge in [0.1, 0.15) is 13.7 Å². The number of likely N-dealkylation sites (N-methyl/N-ethyl adjacent to an activating group) is 1. The van der Waals surface area contributed by atoms with E-state index < -0.39 is 0 Å². The molecular formula is C15H26BIN4. The normalized spacial score (nSPS) is 35.6. The fourth-order valence-electron chi connectivity index (χ4n) is 3.81. The zero-order chi connectivity index (χ0) is 15.8. The molecule has 0 aromatic rings. The molecule has 2 rings (SSSR count). The van der Waals surface area contributed by atoms with Crippen LogP contribution in [0.4, 0.5) is 0 Å². The summed E-state index contributed by atoms with van der Waals surface area (Å²) in [6, 6.07) is 0. The molecule has 0 aromatic heterocycles. The SMILES string of the molecule is BC1(I)CCCC(CN(C)/C(=C\C(C)=N)C(=N)N)[C@@H]2CC21. The van der Waals surface area contributed by atoms with Crippen LogP contribution in [-0.2, 0) is 0 Å². The Balaban J connectivity index is 2.04. The molecule has 0 aliphatic heterocycles. The van der Waals surface area contributed by atoms with Crippen molar-refractivity contribution in [2.75, 3.05) is 13.6 Å². The highest BCUT2D eigenvalue weighted by atomic mass is 127. The standard InChI is InChI=1S/C15H26BIN4/c1-9(18)6-13(14(19)20)21(2)8-10-4-3-5-15(16,17)12-7-11(10)12/h6,10-12,18H,3-5,7-8,16H2,1-2H3,(H3,19,20)/b13-6-,18-9?/t10?,11-,12?,15?/m0/s1. The number of halogens is 1. The first kappa shape index (κ1) is 16.8. The van der Waals surface area contributed by atoms with E-state index in [9.17, 15) is 0 Å². The van der Waals surface area contributed by atoms with Crippen LogP contribution in [0.2, 0.25) is 0 Å². The largest absolute Gasteiger partial charge is 0.382 e. The van der Waals surface area contributed by atoms with E-state index in [1.165, 1.54) is 25.7 Å². The maximum Gasteiger partial charge on any atom is 0.139 e. The minimum absolute atomic E-state index is 0.0591. The van der Waals surface area contributed by atoms with Crippen LogP contribution in [0.1, 0.15) is 32.6 Å². The molecule has 0 saturated heterocycles. The molecule has 0 radical (unpaired) electrons. The molecule has 2 fully saturated rings. The Morgan fingerprint density at radius 2 is 2.19 bits per heavy atom. The Hall–Kier alpha value is -0.525. The quantitative estimate of drug-likeness (QED) is 0.217. The second kappa shape index (κ2) is 6.30. The molecule has 0 amide bonds. The first-order valence-electron chi connectivity index (χ1n) is 7.73. The molecule has 0 spiro atoms. The summed E-state index contributed by atoms with van der Waals surface area (Å²) >= 11 is 2.66. The molecule has 4 nitrogen and oxygen atoms in total. The number of alkyl halides is 1. The third kappa shape index (κ3) is 4.02. The van der Waals surface area contributed by atoms with E-state index in [1.807, 2.05) is 7.05 Å². The minimum Gasteiger partial charge on any atom is -0.382 e. The smallest absolute Gasteiger partial charge is 0.139 e. The van der Waals surface area contributed by atoms with E-state index in [2.05, 4.69) is 35.3 Å². The van der Waals surface area contributed by atoms with E-state index in [4.69, 9.17) is 16.6 Å². The maximum absolute atomic E-state index is 7.73. The van der Waals surface area contributed by atoms with Gasteiger partial charge in [-0.3, -0.25) is 5.41 Å². The number of nitrogens with zero attached hydrogens (tertiary/aromatic N) is 1. The predicted molar refractivity (Wildman–Crippen MR) is 100 cm³/mol. The summed E-state index contributed by atoms with van der Waals surface area (Å²) < 4.78 is 0.473. The van der Waals surface area contributed by atoms with Crippen molar-refractivity contribution in [1.29, 1.82) is 10.8 Å². The molecule has 2 aliphatic carbocycles. The number of rotatable bonds is 5. The van der Waals surface area contributed by atoms with Crippen LogP contribution < -0.4 is 5.73 Å². The zero-order valence-electron chi connectivity index (χ0n) is 13.2. The van der Waals surface area contributed by atoms with Crippen molar-refractivity contribution in [3.8, 4) is 0 Å². The minimum atomic E-state index is 0.0591. The Labute approximate surface area is 142 Å². The van der Waals surface area contributed by atoms with Gasteiger partial charge in [-0.25, -0.2) is 0 Å². The lowest BCUT2D eigenvalue weighted by atomic mass is 9.79. The summed E-state index contributed by atoms with van der Waals surface area (Å²) in [5.41, 5.74) is 6.81. The Bertz CT molecular complexity index is 474. The third-order valence-electron chi connectivity index (χ3n) is 5.01. The second-order valence-electron chi connectivity index (χ2n) is 6.94. The fourth-order valence-corrected chi connectivity index (χ4v) is 4.91. The van der Waals surface area contributed by atoms with Crippen LogP contribution in [0, 0.1) is 28.6 Å². The predicted octanol–water partition coefficient (Wildman–Crippen LogP) is 1.98. The molecule has 4 N–H and O–H groups in total. The van der Waals surface area contributed by atoms with Gasteiger partial charge in [0.05, 0.1) is 5.70 Å². The molecule has 0 aromatic carbocycles. The molecule has 21 heavy (non-hydrogen) atoms. The topological polar surface area (TPSA) is 77.0 Å². The lowest BCUT2D eigenvalue weighted by Crippen LogP contribution is -2.33. The number of allylic oxidation sites excluding steroid dienone is 1. The lowest BCUT2D eigenvalue weighted by molar-refractivity contribution is 0.298. The monoisotopic (exact) mass is 400 g/mol. The maximum atomic E-state index is 7.73. The summed E-state index contributed by atoms with van der Waals surface area (Å²) in [6.45, 7) is 2.67. The van der Waals surface area contributed by atoms with Crippen LogP contribution in [0.15, 0.2) is 11.8 Å². The summed E-state index contributed by atoms with van der Waals surface area (Å²) in [7, 11) is 4.41. The average molecular weight is 400 g/mol. The Kier molecular flexibility index (Phi) is 5.05. The van der Waals surface area contributed by atoms with Gasteiger partial charge in [-0.05, 0) is 53.3 Å². The summed E-state index contributed by atoms with van der Waals surface area (Å²) in [5, 5.41) is 15.3. The van der Waals surface area contributed by atoms with Crippen molar-refractivity contribution in [3.63, 3.8) is 0 Å². The van der Waals surface area contributed by atoms with E-state index in [1.54, 1.807) is 13.0 Å². The van der Waals surface area contributed by atoms with Gasteiger partial charge in [0, 0.05) is 19.3 Å². The number of fused-ring (bicyclic) bond motifs is 1. The summed E-state index contributed by atoms with van der Waals surface area (Å²) in [6.07, 6.45) is 6.96. The summed E-state index contributed by atoms with van der Waals surface area (Å²) in [5.74, 6) is 2.47. The van der Waals surface area contributed by atoms with Gasteiger partial charge in [0.2, 0.25) is 0 Å². The van der Waals surface area contributed by atoms with E-state index in [0.29, 0.717) is 20.6 Å². The molecule has 6 heteroatoms. The number of amidine groups is 1. The van der Waals surface area contributed by atoms with Gasteiger partial charge in [-0.2, -0.15) is 0 Å². The van der Waals surface area contributed by atoms with Crippen molar-refractivity contribution in [2.45, 2.75) is 35.9 Å². The molecule has 2 saturated carbocycles. The number of nitrogens with one attached hydrogen (secondary N) is 2. The Morgan fingerprint density at radius 3 is 2.76 bits per heavy atom. The van der Waals surface area contributed by atoms with Gasteiger partial charge >= 0.3 is 0 Å². The highest BCUT2D eigenvalue weighted by Crippen LogP contribution is 2.58. The molecule has 3 unspecified atom stereocenters. The zero-order valence-corrected chi connectivity index (χ0v) is 15.4.